The van der Waals surface area contributed by atoms with Crippen molar-refractivity contribution in [1.82, 2.24) is 9.97 Å². The van der Waals surface area contributed by atoms with Crippen molar-refractivity contribution in [2.75, 3.05) is 5.32 Å². The Morgan fingerprint density at radius 3 is 2.69 bits per heavy atom. The molecule has 1 aliphatic rings. The number of nitrogens with zero attached hydrogens (tertiary/aromatic N) is 2. The predicted molar refractivity (Wildman–Crippen MR) is 115 cm³/mol. The van der Waals surface area contributed by atoms with E-state index in [2.05, 4.69) is 17.4 Å². The molecule has 0 unspecified atom stereocenters. The number of carbonyl (C=O) groups excluding carboxylic acids is 1. The number of carbonyl (C=O) groups is 1. The SMILES string of the molecule is CC[C@H](C)[C@H](Nc1nc(Cc2ccccc2)nc2sc3c(c12)CCCC3)C(=O)[O-]. The lowest BCUT2D eigenvalue weighted by atomic mass is 9.96. The molecular formula is C23H26N3O2S-. The number of aliphatic carboxylic acids is 1. The van der Waals surface area contributed by atoms with E-state index >= 15 is 0 Å². The summed E-state index contributed by atoms with van der Waals surface area (Å²) in [5.74, 6) is 0.220. The zero-order valence-electron chi connectivity index (χ0n) is 16.9. The maximum absolute atomic E-state index is 11.8. The second-order valence-electron chi connectivity index (χ2n) is 7.87. The first kappa shape index (κ1) is 19.8. The summed E-state index contributed by atoms with van der Waals surface area (Å²) in [5.41, 5.74) is 2.43. The zero-order valence-corrected chi connectivity index (χ0v) is 17.7. The van der Waals surface area contributed by atoms with Crippen molar-refractivity contribution < 1.29 is 9.90 Å². The highest BCUT2D eigenvalue weighted by Gasteiger charge is 2.24. The third-order valence-corrected chi connectivity index (χ3v) is 7.01. The van der Waals surface area contributed by atoms with E-state index in [0.717, 1.165) is 41.5 Å². The number of aryl methyl sites for hydroxylation is 2. The van der Waals surface area contributed by atoms with Crippen molar-refractivity contribution in [2.24, 2.45) is 5.92 Å². The van der Waals surface area contributed by atoms with Gasteiger partial charge < -0.3 is 15.2 Å². The van der Waals surface area contributed by atoms with Crippen LogP contribution in [0, 0.1) is 5.92 Å². The second-order valence-corrected chi connectivity index (χ2v) is 8.95. The molecule has 5 nitrogen and oxygen atoms in total. The zero-order chi connectivity index (χ0) is 20.4. The van der Waals surface area contributed by atoms with Crippen LogP contribution in [-0.2, 0) is 24.1 Å². The van der Waals surface area contributed by atoms with Crippen molar-refractivity contribution in [3.05, 3.63) is 52.2 Å². The van der Waals surface area contributed by atoms with Crippen LogP contribution in [0.1, 0.15) is 54.9 Å². The molecule has 29 heavy (non-hydrogen) atoms. The van der Waals surface area contributed by atoms with Gasteiger partial charge in [0.25, 0.3) is 0 Å². The van der Waals surface area contributed by atoms with Crippen molar-refractivity contribution in [3.8, 4) is 0 Å². The van der Waals surface area contributed by atoms with Gasteiger partial charge in [0.2, 0.25) is 0 Å². The Morgan fingerprint density at radius 2 is 1.97 bits per heavy atom. The van der Waals surface area contributed by atoms with E-state index in [4.69, 9.17) is 9.97 Å². The van der Waals surface area contributed by atoms with Gasteiger partial charge in [-0.1, -0.05) is 50.6 Å². The number of hydrogen-bond acceptors (Lipinski definition) is 6. The minimum Gasteiger partial charge on any atom is -0.548 e. The van der Waals surface area contributed by atoms with Gasteiger partial charge in [0, 0.05) is 11.3 Å². The smallest absolute Gasteiger partial charge is 0.139 e. The van der Waals surface area contributed by atoms with Gasteiger partial charge in [0.1, 0.15) is 16.5 Å². The van der Waals surface area contributed by atoms with Crippen molar-refractivity contribution in [3.63, 3.8) is 0 Å². The Bertz CT molecular complexity index is 1020. The molecule has 0 saturated carbocycles. The standard InChI is InChI=1S/C23H27N3O2S/c1-3-14(2)20(23(27)28)26-21-19-16-11-7-8-12-17(16)29-22(19)25-18(24-21)13-15-9-5-4-6-10-15/h4-6,9-10,14,20H,3,7-8,11-13H2,1-2H3,(H,27,28)(H,24,25,26)/p-1/t14-,20-/m0/s1. The van der Waals surface area contributed by atoms with E-state index in [0.29, 0.717) is 18.1 Å². The molecule has 2 aromatic heterocycles. The number of aromatic nitrogens is 2. The monoisotopic (exact) mass is 408 g/mol. The third kappa shape index (κ3) is 4.13. The topological polar surface area (TPSA) is 77.9 Å². The number of rotatable bonds is 7. The molecule has 0 spiro atoms. The van der Waals surface area contributed by atoms with Crippen LogP contribution in [-0.4, -0.2) is 22.0 Å². The van der Waals surface area contributed by atoms with Gasteiger partial charge in [-0.2, -0.15) is 0 Å². The molecule has 3 aromatic rings. The summed E-state index contributed by atoms with van der Waals surface area (Å²) in [6, 6.07) is 9.34. The molecule has 6 heteroatoms. The van der Waals surface area contributed by atoms with E-state index in [1.165, 1.54) is 16.9 Å². The van der Waals surface area contributed by atoms with Crippen LogP contribution in [0.5, 0.6) is 0 Å². The lowest BCUT2D eigenvalue weighted by molar-refractivity contribution is -0.307. The van der Waals surface area contributed by atoms with Crippen LogP contribution in [0.3, 0.4) is 0 Å². The summed E-state index contributed by atoms with van der Waals surface area (Å²) < 4.78 is 0. The first-order chi connectivity index (χ1) is 14.1. The van der Waals surface area contributed by atoms with Gasteiger partial charge in [-0.05, 0) is 42.7 Å². The fourth-order valence-electron chi connectivity index (χ4n) is 3.98. The highest BCUT2D eigenvalue weighted by Crippen LogP contribution is 2.39. The van der Waals surface area contributed by atoms with Crippen LogP contribution in [0.15, 0.2) is 30.3 Å². The summed E-state index contributed by atoms with van der Waals surface area (Å²) in [4.78, 5) is 23.8. The van der Waals surface area contributed by atoms with Crippen LogP contribution < -0.4 is 10.4 Å². The number of benzene rings is 1. The predicted octanol–water partition coefficient (Wildman–Crippen LogP) is 3.74. The minimum atomic E-state index is -1.08. The summed E-state index contributed by atoms with van der Waals surface area (Å²) >= 11 is 1.73. The van der Waals surface area contributed by atoms with Gasteiger partial charge in [-0.15, -0.1) is 11.3 Å². The molecule has 1 aliphatic carbocycles. The van der Waals surface area contributed by atoms with Crippen LogP contribution >= 0.6 is 11.3 Å². The van der Waals surface area contributed by atoms with Crippen molar-refractivity contribution in [1.29, 1.82) is 0 Å². The van der Waals surface area contributed by atoms with E-state index < -0.39 is 12.0 Å². The van der Waals surface area contributed by atoms with E-state index in [1.54, 1.807) is 11.3 Å². The van der Waals surface area contributed by atoms with Gasteiger partial charge in [-0.3, -0.25) is 0 Å². The molecule has 0 saturated heterocycles. The molecule has 0 aliphatic heterocycles. The van der Waals surface area contributed by atoms with Gasteiger partial charge >= 0.3 is 0 Å². The average Bonchev–Trinajstić information content (AvgIpc) is 3.10. The maximum Gasteiger partial charge on any atom is 0.139 e. The lowest BCUT2D eigenvalue weighted by Gasteiger charge is -2.26. The Balaban J connectivity index is 1.80. The molecular weight excluding hydrogens is 382 g/mol. The molecule has 0 radical (unpaired) electrons. The highest BCUT2D eigenvalue weighted by atomic mass is 32.1. The molecule has 152 valence electrons. The second kappa shape index (κ2) is 8.49. The fraction of sp³-hybridized carbons (Fsp3) is 0.435. The number of carboxylic acids is 1. The van der Waals surface area contributed by atoms with E-state index in [1.807, 2.05) is 32.0 Å². The molecule has 0 bridgehead atoms. The van der Waals surface area contributed by atoms with Gasteiger partial charge in [0.15, 0.2) is 0 Å². The molecule has 1 aromatic carbocycles. The largest absolute Gasteiger partial charge is 0.548 e. The number of fused-ring (bicyclic) bond motifs is 3. The summed E-state index contributed by atoms with van der Waals surface area (Å²) in [6.45, 7) is 3.92. The third-order valence-electron chi connectivity index (χ3n) is 5.83. The quantitative estimate of drug-likeness (QED) is 0.644. The average molecular weight is 409 g/mol. The highest BCUT2D eigenvalue weighted by molar-refractivity contribution is 7.19. The van der Waals surface area contributed by atoms with Crippen molar-refractivity contribution in [2.45, 2.75) is 58.4 Å². The Morgan fingerprint density at radius 1 is 1.21 bits per heavy atom. The van der Waals surface area contributed by atoms with Gasteiger partial charge in [-0.25, -0.2) is 9.97 Å². The number of anilines is 1. The normalized spacial score (nSPS) is 15.7. The molecule has 1 N–H and O–H groups in total. The number of nitrogens with one attached hydrogen (secondary N) is 1. The van der Waals surface area contributed by atoms with Gasteiger partial charge in [0.05, 0.1) is 17.4 Å². The molecule has 0 fully saturated rings. The van der Waals surface area contributed by atoms with Crippen LogP contribution in [0.25, 0.3) is 10.2 Å². The molecule has 4 rings (SSSR count). The molecule has 2 atom stereocenters. The van der Waals surface area contributed by atoms with Crippen LogP contribution in [0.2, 0.25) is 0 Å². The maximum atomic E-state index is 11.8. The summed E-state index contributed by atoms with van der Waals surface area (Å²) in [5, 5.41) is 16.1. The van der Waals surface area contributed by atoms with E-state index in [9.17, 15) is 9.90 Å². The number of thiophene rings is 1. The Kier molecular flexibility index (Phi) is 5.81. The minimum absolute atomic E-state index is 0.0583. The summed E-state index contributed by atoms with van der Waals surface area (Å²) in [6.07, 6.45) is 5.79. The van der Waals surface area contributed by atoms with Crippen molar-refractivity contribution >= 4 is 33.3 Å². The Labute approximate surface area is 175 Å². The molecule has 2 heterocycles. The number of hydrogen-bond donors (Lipinski definition) is 1. The first-order valence-electron chi connectivity index (χ1n) is 10.4. The fourth-order valence-corrected chi connectivity index (χ4v) is 5.26. The number of carboxylic acid groups (broad SMARTS) is 1. The lowest BCUT2D eigenvalue weighted by Crippen LogP contribution is -2.45. The first-order valence-corrected chi connectivity index (χ1v) is 11.2. The Hall–Kier alpha value is -2.47. The summed E-state index contributed by atoms with van der Waals surface area (Å²) in [7, 11) is 0. The molecule has 0 amide bonds. The van der Waals surface area contributed by atoms with E-state index in [-0.39, 0.29) is 5.92 Å². The van der Waals surface area contributed by atoms with Crippen LogP contribution in [0.4, 0.5) is 5.82 Å².